The molecule has 0 spiro atoms. The van der Waals surface area contributed by atoms with Crippen molar-refractivity contribution in [2.75, 3.05) is 5.88 Å². The minimum Gasteiger partial charge on any atom is -0.334 e. The summed E-state index contributed by atoms with van der Waals surface area (Å²) < 4.78 is 12.9. The zero-order valence-corrected chi connectivity index (χ0v) is 11.7. The first-order valence-electron chi connectivity index (χ1n) is 6.80. The van der Waals surface area contributed by atoms with Crippen molar-refractivity contribution in [3.8, 4) is 0 Å². The SMILES string of the molecule is O=C(CCl)N(Cc1ccc(F)cc1)C1CCCCC1. The highest BCUT2D eigenvalue weighted by atomic mass is 35.5. The zero-order valence-electron chi connectivity index (χ0n) is 10.9. The van der Waals surface area contributed by atoms with Gasteiger partial charge in [-0.05, 0) is 30.5 Å². The van der Waals surface area contributed by atoms with Gasteiger partial charge in [0.1, 0.15) is 11.7 Å². The van der Waals surface area contributed by atoms with Crippen LogP contribution in [-0.2, 0) is 11.3 Å². The number of nitrogens with zero attached hydrogens (tertiary/aromatic N) is 1. The summed E-state index contributed by atoms with van der Waals surface area (Å²) in [6.07, 6.45) is 5.67. The summed E-state index contributed by atoms with van der Waals surface area (Å²) in [7, 11) is 0. The van der Waals surface area contributed by atoms with Crippen LogP contribution in [0.15, 0.2) is 24.3 Å². The van der Waals surface area contributed by atoms with Gasteiger partial charge in [-0.1, -0.05) is 31.4 Å². The fourth-order valence-electron chi connectivity index (χ4n) is 2.68. The zero-order chi connectivity index (χ0) is 13.7. The van der Waals surface area contributed by atoms with E-state index in [4.69, 9.17) is 11.6 Å². The number of carbonyl (C=O) groups is 1. The van der Waals surface area contributed by atoms with Crippen LogP contribution in [0.3, 0.4) is 0 Å². The molecule has 4 heteroatoms. The molecule has 2 nitrogen and oxygen atoms in total. The van der Waals surface area contributed by atoms with Gasteiger partial charge in [-0.3, -0.25) is 4.79 Å². The lowest BCUT2D eigenvalue weighted by Gasteiger charge is -2.34. The minimum absolute atomic E-state index is 0.0116. The van der Waals surface area contributed by atoms with E-state index in [1.54, 1.807) is 12.1 Å². The first kappa shape index (κ1) is 14.3. The maximum absolute atomic E-state index is 12.9. The quantitative estimate of drug-likeness (QED) is 0.771. The van der Waals surface area contributed by atoms with Crippen LogP contribution in [0.5, 0.6) is 0 Å². The largest absolute Gasteiger partial charge is 0.334 e. The van der Waals surface area contributed by atoms with E-state index in [-0.39, 0.29) is 23.6 Å². The molecule has 1 aromatic rings. The molecule has 2 rings (SSSR count). The first-order chi connectivity index (χ1) is 9.20. The molecule has 1 saturated carbocycles. The van der Waals surface area contributed by atoms with Crippen molar-refractivity contribution in [2.45, 2.75) is 44.7 Å². The number of rotatable bonds is 4. The molecular weight excluding hydrogens is 265 g/mol. The van der Waals surface area contributed by atoms with Crippen molar-refractivity contribution in [3.63, 3.8) is 0 Å². The van der Waals surface area contributed by atoms with E-state index in [1.807, 2.05) is 4.90 Å². The summed E-state index contributed by atoms with van der Waals surface area (Å²) in [4.78, 5) is 13.9. The monoisotopic (exact) mass is 283 g/mol. The summed E-state index contributed by atoms with van der Waals surface area (Å²) in [5, 5.41) is 0. The summed E-state index contributed by atoms with van der Waals surface area (Å²) >= 11 is 5.71. The van der Waals surface area contributed by atoms with Crippen molar-refractivity contribution >= 4 is 17.5 Å². The Bertz CT molecular complexity index is 415. The van der Waals surface area contributed by atoms with Crippen LogP contribution in [0, 0.1) is 5.82 Å². The van der Waals surface area contributed by atoms with Gasteiger partial charge in [0.15, 0.2) is 0 Å². The van der Waals surface area contributed by atoms with Crippen molar-refractivity contribution in [1.82, 2.24) is 4.90 Å². The Morgan fingerprint density at radius 1 is 1.21 bits per heavy atom. The van der Waals surface area contributed by atoms with E-state index in [0.29, 0.717) is 6.54 Å². The van der Waals surface area contributed by atoms with Crippen LogP contribution in [-0.4, -0.2) is 22.7 Å². The van der Waals surface area contributed by atoms with E-state index in [2.05, 4.69) is 0 Å². The Morgan fingerprint density at radius 2 is 1.84 bits per heavy atom. The molecule has 0 radical (unpaired) electrons. The van der Waals surface area contributed by atoms with E-state index >= 15 is 0 Å². The van der Waals surface area contributed by atoms with E-state index in [0.717, 1.165) is 18.4 Å². The smallest absolute Gasteiger partial charge is 0.238 e. The van der Waals surface area contributed by atoms with Crippen LogP contribution < -0.4 is 0 Å². The molecule has 1 aliphatic rings. The van der Waals surface area contributed by atoms with Crippen LogP contribution >= 0.6 is 11.6 Å². The number of hydrogen-bond donors (Lipinski definition) is 0. The normalized spacial score (nSPS) is 16.3. The Labute approximate surface area is 118 Å². The Morgan fingerprint density at radius 3 is 2.42 bits per heavy atom. The molecule has 0 unspecified atom stereocenters. The summed E-state index contributed by atoms with van der Waals surface area (Å²) in [5.74, 6) is -0.271. The van der Waals surface area contributed by atoms with Gasteiger partial charge in [-0.15, -0.1) is 11.6 Å². The molecule has 0 bridgehead atoms. The van der Waals surface area contributed by atoms with Gasteiger partial charge in [0.2, 0.25) is 5.91 Å². The minimum atomic E-state index is -0.253. The molecule has 0 atom stereocenters. The number of hydrogen-bond acceptors (Lipinski definition) is 1. The number of amides is 1. The standard InChI is InChI=1S/C15H19ClFNO/c16-10-15(19)18(14-4-2-1-3-5-14)11-12-6-8-13(17)9-7-12/h6-9,14H,1-5,10-11H2. The molecule has 0 heterocycles. The Balaban J connectivity index is 2.08. The average molecular weight is 284 g/mol. The lowest BCUT2D eigenvalue weighted by molar-refractivity contribution is -0.132. The Kier molecular flexibility index (Phi) is 5.20. The molecule has 1 amide bonds. The molecule has 0 saturated heterocycles. The average Bonchev–Trinajstić information content (AvgIpc) is 2.47. The number of halogens is 2. The van der Waals surface area contributed by atoms with Crippen molar-refractivity contribution in [3.05, 3.63) is 35.6 Å². The van der Waals surface area contributed by atoms with Crippen molar-refractivity contribution < 1.29 is 9.18 Å². The van der Waals surface area contributed by atoms with Gasteiger partial charge >= 0.3 is 0 Å². The van der Waals surface area contributed by atoms with Crippen LogP contribution in [0.2, 0.25) is 0 Å². The molecular formula is C15H19ClFNO. The number of carbonyl (C=O) groups excluding carboxylic acids is 1. The maximum Gasteiger partial charge on any atom is 0.238 e. The van der Waals surface area contributed by atoms with Crippen LogP contribution in [0.1, 0.15) is 37.7 Å². The maximum atomic E-state index is 12.9. The third-order valence-electron chi connectivity index (χ3n) is 3.72. The highest BCUT2D eigenvalue weighted by Gasteiger charge is 2.24. The first-order valence-corrected chi connectivity index (χ1v) is 7.34. The van der Waals surface area contributed by atoms with Crippen LogP contribution in [0.25, 0.3) is 0 Å². The van der Waals surface area contributed by atoms with Gasteiger partial charge in [0.25, 0.3) is 0 Å². The molecule has 0 aromatic heterocycles. The summed E-state index contributed by atoms with van der Waals surface area (Å²) in [5.41, 5.74) is 0.949. The van der Waals surface area contributed by atoms with Gasteiger partial charge in [-0.2, -0.15) is 0 Å². The molecule has 0 aliphatic heterocycles. The second-order valence-electron chi connectivity index (χ2n) is 5.07. The lowest BCUT2D eigenvalue weighted by Crippen LogP contribution is -2.41. The van der Waals surface area contributed by atoms with Gasteiger partial charge in [0.05, 0.1) is 0 Å². The predicted octanol–water partition coefficient (Wildman–Crippen LogP) is 3.73. The van der Waals surface area contributed by atoms with Gasteiger partial charge in [0, 0.05) is 12.6 Å². The Hall–Kier alpha value is -1.09. The molecule has 1 aromatic carbocycles. The number of alkyl halides is 1. The summed E-state index contributed by atoms with van der Waals surface area (Å²) in [6, 6.07) is 6.60. The van der Waals surface area contributed by atoms with Gasteiger partial charge in [-0.25, -0.2) is 4.39 Å². The van der Waals surface area contributed by atoms with E-state index < -0.39 is 0 Å². The topological polar surface area (TPSA) is 20.3 Å². The third kappa shape index (κ3) is 3.93. The van der Waals surface area contributed by atoms with Crippen molar-refractivity contribution in [2.24, 2.45) is 0 Å². The fourth-order valence-corrected chi connectivity index (χ4v) is 2.83. The summed E-state index contributed by atoms with van der Waals surface area (Å²) in [6.45, 7) is 0.524. The predicted molar refractivity (Wildman–Crippen MR) is 74.5 cm³/mol. The van der Waals surface area contributed by atoms with Crippen molar-refractivity contribution in [1.29, 1.82) is 0 Å². The third-order valence-corrected chi connectivity index (χ3v) is 3.94. The highest BCUT2D eigenvalue weighted by molar-refractivity contribution is 6.27. The molecule has 0 N–H and O–H groups in total. The molecule has 1 fully saturated rings. The molecule has 1 aliphatic carbocycles. The fraction of sp³-hybridized carbons (Fsp3) is 0.533. The number of benzene rings is 1. The van der Waals surface area contributed by atoms with Gasteiger partial charge < -0.3 is 4.90 Å². The lowest BCUT2D eigenvalue weighted by atomic mass is 9.94. The highest BCUT2D eigenvalue weighted by Crippen LogP contribution is 2.24. The van der Waals surface area contributed by atoms with E-state index in [9.17, 15) is 9.18 Å². The second-order valence-corrected chi connectivity index (χ2v) is 5.34. The van der Waals surface area contributed by atoms with E-state index in [1.165, 1.54) is 31.4 Å². The second kappa shape index (κ2) is 6.90. The van der Waals surface area contributed by atoms with Crippen LogP contribution in [0.4, 0.5) is 4.39 Å². The molecule has 104 valence electrons. The molecule has 19 heavy (non-hydrogen) atoms.